The highest BCUT2D eigenvalue weighted by Crippen LogP contribution is 2.18. The van der Waals surface area contributed by atoms with E-state index in [0.29, 0.717) is 27.7 Å². The van der Waals surface area contributed by atoms with Gasteiger partial charge in [-0.2, -0.15) is 14.9 Å². The predicted octanol–water partition coefficient (Wildman–Crippen LogP) is 4.15. The minimum atomic E-state index is -0.473. The second kappa shape index (κ2) is 10.1. The largest absolute Gasteiger partial charge is 0.487 e. The molecule has 9 heteroatoms. The highest BCUT2D eigenvalue weighted by atomic mass is 32.1. The second-order valence-corrected chi connectivity index (χ2v) is 8.47. The van der Waals surface area contributed by atoms with Gasteiger partial charge in [0.25, 0.3) is 11.5 Å². The summed E-state index contributed by atoms with van der Waals surface area (Å²) >= 11 is 1.38. The number of nitrogens with one attached hydrogen (secondary N) is 1. The maximum absolute atomic E-state index is 12.5. The average molecular weight is 472 g/mol. The lowest BCUT2D eigenvalue weighted by Gasteiger charge is -2.08. The van der Waals surface area contributed by atoms with E-state index in [1.807, 2.05) is 38.1 Å². The Kier molecular flexibility index (Phi) is 6.80. The first kappa shape index (κ1) is 22.9. The molecule has 0 atom stereocenters. The fraction of sp³-hybridized carbons (Fsp3) is 0.160. The molecule has 0 radical (unpaired) electrons. The van der Waals surface area contributed by atoms with Gasteiger partial charge in [-0.25, -0.2) is 4.98 Å². The molecular weight excluding hydrogens is 450 g/mol. The van der Waals surface area contributed by atoms with Crippen molar-refractivity contribution in [3.63, 3.8) is 0 Å². The molecule has 170 valence electrons. The molecule has 2 heterocycles. The lowest BCUT2D eigenvalue weighted by Crippen LogP contribution is -2.16. The Morgan fingerprint density at radius 2 is 2.00 bits per heavy atom. The highest BCUT2D eigenvalue weighted by Gasteiger charge is 2.11. The number of nitrogens with zero attached hydrogens (tertiary/aromatic N) is 4. The van der Waals surface area contributed by atoms with Gasteiger partial charge in [0, 0.05) is 11.8 Å². The van der Waals surface area contributed by atoms with Gasteiger partial charge in [0.2, 0.25) is 4.96 Å². The topological polar surface area (TPSA) is 109 Å². The Labute approximate surface area is 199 Å². The maximum Gasteiger partial charge on any atom is 0.275 e. The summed E-state index contributed by atoms with van der Waals surface area (Å²) in [5.41, 5.74) is 2.51. The van der Waals surface area contributed by atoms with Crippen LogP contribution in [0.3, 0.4) is 0 Å². The zero-order chi connectivity index (χ0) is 24.1. The number of nitriles is 1. The first-order valence-corrected chi connectivity index (χ1v) is 11.4. The average Bonchev–Trinajstić information content (AvgIpc) is 3.27. The van der Waals surface area contributed by atoms with E-state index in [1.54, 1.807) is 30.3 Å². The number of carbonyl (C=O) groups excluding carboxylic acids is 1. The number of aryl methyl sites for hydroxylation is 2. The molecule has 2 aromatic heterocycles. The molecule has 0 fully saturated rings. The summed E-state index contributed by atoms with van der Waals surface area (Å²) in [7, 11) is 0. The smallest absolute Gasteiger partial charge is 0.275 e. The van der Waals surface area contributed by atoms with Crippen LogP contribution in [0.2, 0.25) is 0 Å². The van der Waals surface area contributed by atoms with Crippen molar-refractivity contribution in [2.75, 3.05) is 5.32 Å². The van der Waals surface area contributed by atoms with E-state index in [0.717, 1.165) is 17.0 Å². The van der Waals surface area contributed by atoms with E-state index in [4.69, 9.17) is 4.74 Å². The molecule has 1 amide bonds. The number of benzene rings is 2. The zero-order valence-corrected chi connectivity index (χ0v) is 19.4. The number of hydrogen-bond donors (Lipinski definition) is 1. The van der Waals surface area contributed by atoms with Gasteiger partial charge in [-0.15, -0.1) is 0 Å². The predicted molar refractivity (Wildman–Crippen MR) is 131 cm³/mol. The summed E-state index contributed by atoms with van der Waals surface area (Å²) < 4.78 is 7.07. The number of carbonyl (C=O) groups is 1. The van der Waals surface area contributed by atoms with E-state index in [1.165, 1.54) is 28.0 Å². The molecule has 0 aliphatic rings. The van der Waals surface area contributed by atoms with Crippen LogP contribution in [0.25, 0.3) is 11.0 Å². The van der Waals surface area contributed by atoms with Crippen molar-refractivity contribution in [2.45, 2.75) is 26.9 Å². The third-order valence-corrected chi connectivity index (χ3v) is 6.03. The highest BCUT2D eigenvalue weighted by molar-refractivity contribution is 7.16. The van der Waals surface area contributed by atoms with Crippen LogP contribution in [-0.4, -0.2) is 20.5 Å². The van der Waals surface area contributed by atoms with Crippen LogP contribution in [0, 0.1) is 18.3 Å². The van der Waals surface area contributed by atoms with Crippen molar-refractivity contribution in [3.05, 3.63) is 92.4 Å². The van der Waals surface area contributed by atoms with Crippen molar-refractivity contribution >= 4 is 34.0 Å². The van der Waals surface area contributed by atoms with Crippen LogP contribution < -0.4 is 15.6 Å². The quantitative estimate of drug-likeness (QED) is 0.320. The summed E-state index contributed by atoms with van der Waals surface area (Å²) in [5, 5.41) is 17.3. The lowest BCUT2D eigenvalue weighted by molar-refractivity contribution is -0.112. The van der Waals surface area contributed by atoms with Crippen LogP contribution >= 0.6 is 11.3 Å². The fourth-order valence-electron chi connectivity index (χ4n) is 3.15. The fourth-order valence-corrected chi connectivity index (χ4v) is 4.01. The van der Waals surface area contributed by atoms with Crippen LogP contribution in [0.5, 0.6) is 5.75 Å². The summed E-state index contributed by atoms with van der Waals surface area (Å²) in [4.78, 5) is 29.7. The van der Waals surface area contributed by atoms with E-state index in [9.17, 15) is 14.9 Å². The summed E-state index contributed by atoms with van der Waals surface area (Å²) in [6, 6.07) is 17.7. The normalized spacial score (nSPS) is 11.3. The maximum atomic E-state index is 12.5. The lowest BCUT2D eigenvalue weighted by atomic mass is 10.1. The molecule has 34 heavy (non-hydrogen) atoms. The molecule has 0 aliphatic carbocycles. The Balaban J connectivity index is 1.43. The molecule has 0 spiro atoms. The van der Waals surface area contributed by atoms with Crippen molar-refractivity contribution in [3.8, 4) is 11.8 Å². The van der Waals surface area contributed by atoms with E-state index in [2.05, 4.69) is 15.4 Å². The van der Waals surface area contributed by atoms with Gasteiger partial charge in [0.15, 0.2) is 0 Å². The molecule has 0 saturated heterocycles. The van der Waals surface area contributed by atoms with E-state index < -0.39 is 5.91 Å². The van der Waals surface area contributed by atoms with Crippen molar-refractivity contribution < 1.29 is 9.53 Å². The molecule has 8 nitrogen and oxygen atoms in total. The summed E-state index contributed by atoms with van der Waals surface area (Å²) in [6.07, 6.45) is 2.25. The molecule has 2 aromatic carbocycles. The molecule has 0 bridgehead atoms. The Bertz CT molecular complexity index is 1480. The Morgan fingerprint density at radius 3 is 2.71 bits per heavy atom. The first-order valence-electron chi connectivity index (χ1n) is 10.6. The van der Waals surface area contributed by atoms with Crippen LogP contribution in [0.4, 0.5) is 5.69 Å². The van der Waals surface area contributed by atoms with Gasteiger partial charge >= 0.3 is 0 Å². The number of amides is 1. The van der Waals surface area contributed by atoms with Crippen molar-refractivity contribution in [2.24, 2.45) is 0 Å². The van der Waals surface area contributed by atoms with Gasteiger partial charge < -0.3 is 10.1 Å². The Morgan fingerprint density at radius 1 is 1.24 bits per heavy atom. The van der Waals surface area contributed by atoms with E-state index in [-0.39, 0.29) is 17.7 Å². The standard InChI is InChI=1S/C25H21N5O3S/c1-3-22-29-30-23(31)13-19(27-25(30)34-22)15-33-20-10-8-17(9-11-20)12-18(14-26)24(32)28-21-7-5-4-6-16(21)2/h4-13H,3,15H2,1-2H3,(H,28,32)/b18-12+. The number of fused-ring (bicyclic) bond motifs is 1. The van der Waals surface area contributed by atoms with Crippen molar-refractivity contribution in [1.82, 2.24) is 14.6 Å². The molecule has 1 N–H and O–H groups in total. The first-order chi connectivity index (χ1) is 16.5. The third-order valence-electron chi connectivity index (χ3n) is 4.98. The number of aromatic nitrogens is 3. The van der Waals surface area contributed by atoms with Crippen LogP contribution in [-0.2, 0) is 17.8 Å². The Hall–Kier alpha value is -4.29. The molecule has 0 aliphatic heterocycles. The number of para-hydroxylation sites is 1. The monoisotopic (exact) mass is 471 g/mol. The molecule has 0 saturated carbocycles. The zero-order valence-electron chi connectivity index (χ0n) is 18.6. The number of rotatable bonds is 7. The minimum Gasteiger partial charge on any atom is -0.487 e. The van der Waals surface area contributed by atoms with E-state index >= 15 is 0 Å². The number of hydrogen-bond acceptors (Lipinski definition) is 7. The molecular formula is C25H21N5O3S. The third kappa shape index (κ3) is 5.19. The molecule has 4 aromatic rings. The molecule has 0 unspecified atom stereocenters. The van der Waals surface area contributed by atoms with Crippen LogP contribution in [0.15, 0.2) is 65.0 Å². The van der Waals surface area contributed by atoms with Crippen molar-refractivity contribution in [1.29, 1.82) is 5.26 Å². The molecule has 4 rings (SSSR count). The summed E-state index contributed by atoms with van der Waals surface area (Å²) in [6.45, 7) is 3.98. The van der Waals surface area contributed by atoms with Gasteiger partial charge in [-0.1, -0.05) is 48.6 Å². The number of anilines is 1. The number of ether oxygens (including phenoxy) is 1. The minimum absolute atomic E-state index is 0.00842. The summed E-state index contributed by atoms with van der Waals surface area (Å²) in [5.74, 6) is 0.0970. The van der Waals surface area contributed by atoms with Gasteiger partial charge in [0.1, 0.15) is 29.0 Å². The second-order valence-electron chi connectivity index (χ2n) is 7.43. The van der Waals surface area contributed by atoms with Crippen LogP contribution in [0.1, 0.15) is 28.8 Å². The van der Waals surface area contributed by atoms with Gasteiger partial charge in [-0.05, 0) is 48.7 Å². The van der Waals surface area contributed by atoms with Gasteiger partial charge in [0.05, 0.1) is 5.69 Å². The SMILES string of the molecule is CCc1nn2c(=O)cc(COc3ccc(/C=C(\C#N)C(=O)Nc4ccccc4C)cc3)nc2s1. The van der Waals surface area contributed by atoms with Gasteiger partial charge in [-0.3, -0.25) is 9.59 Å².